The normalized spacial score (nSPS) is 16.0. The Morgan fingerprint density at radius 2 is 2.03 bits per heavy atom. The van der Waals surface area contributed by atoms with Crippen molar-refractivity contribution in [2.24, 2.45) is 13.0 Å². The van der Waals surface area contributed by atoms with Gasteiger partial charge in [-0.15, -0.1) is 32.9 Å². The lowest BCUT2D eigenvalue weighted by molar-refractivity contribution is 0.508. The Bertz CT molecular complexity index is 1190. The van der Waals surface area contributed by atoms with Gasteiger partial charge in [0.15, 0.2) is 11.0 Å². The molecule has 0 radical (unpaired) electrons. The van der Waals surface area contributed by atoms with Crippen LogP contribution >= 0.6 is 46.0 Å². The van der Waals surface area contributed by atoms with E-state index in [0.29, 0.717) is 0 Å². The third kappa shape index (κ3) is 3.84. The van der Waals surface area contributed by atoms with Gasteiger partial charge in [-0.1, -0.05) is 48.5 Å². The highest BCUT2D eigenvalue weighted by Crippen LogP contribution is 2.38. The molecule has 0 fully saturated rings. The Hall–Kier alpha value is -1.67. The van der Waals surface area contributed by atoms with E-state index >= 15 is 0 Å². The maximum Gasteiger partial charge on any atom is 0.191 e. The van der Waals surface area contributed by atoms with Gasteiger partial charge in [-0.05, 0) is 36.8 Å². The highest BCUT2D eigenvalue weighted by atomic mass is 35.5. The molecule has 0 amide bonds. The topological polar surface area (TPSA) is 43.6 Å². The lowest BCUT2D eigenvalue weighted by atomic mass is 9.88. The molecule has 0 saturated heterocycles. The summed E-state index contributed by atoms with van der Waals surface area (Å²) in [6.45, 7) is 2.34. The Morgan fingerprint density at radius 3 is 2.90 bits per heavy atom. The summed E-state index contributed by atoms with van der Waals surface area (Å²) in [4.78, 5) is 6.29. The monoisotopic (exact) mass is 472 g/mol. The smallest absolute Gasteiger partial charge is 0.191 e. The number of nitrogens with zero attached hydrogens (tertiary/aromatic N) is 4. The van der Waals surface area contributed by atoms with E-state index in [-0.39, 0.29) is 0 Å². The van der Waals surface area contributed by atoms with E-state index in [1.807, 2.05) is 35.6 Å². The fourth-order valence-corrected chi connectivity index (χ4v) is 7.10. The van der Waals surface area contributed by atoms with Crippen LogP contribution < -0.4 is 0 Å². The minimum Gasteiger partial charge on any atom is -0.305 e. The van der Waals surface area contributed by atoms with Crippen molar-refractivity contribution in [3.63, 3.8) is 0 Å². The van der Waals surface area contributed by atoms with Gasteiger partial charge >= 0.3 is 0 Å². The molecule has 0 spiro atoms. The molecule has 4 nitrogen and oxygen atoms in total. The Kier molecular flexibility index (Phi) is 5.71. The zero-order chi connectivity index (χ0) is 20.7. The number of fused-ring (bicyclic) bond motifs is 1. The molecule has 0 saturated carbocycles. The standard InChI is InChI=1S/C22H21ClN4S3/c1-13-7-8-15-17(12-28-19(15)9-13)20-25-26-22(27(20)2)30-11-14-10-29-21(24-14)16-5-3-4-6-18(16)23/h3-6,10,12-13H,7-9,11H2,1-2H3/t13-/m0/s1. The van der Waals surface area contributed by atoms with Crippen LogP contribution in [0.5, 0.6) is 0 Å². The van der Waals surface area contributed by atoms with Crippen LogP contribution in [0.1, 0.15) is 29.5 Å². The van der Waals surface area contributed by atoms with Crippen LogP contribution in [0.2, 0.25) is 5.02 Å². The molecule has 0 aliphatic heterocycles. The second kappa shape index (κ2) is 8.46. The van der Waals surface area contributed by atoms with Crippen LogP contribution in [0, 0.1) is 5.92 Å². The highest BCUT2D eigenvalue weighted by Gasteiger charge is 2.23. The average Bonchev–Trinajstić information content (AvgIpc) is 3.45. The molecule has 1 aromatic carbocycles. The van der Waals surface area contributed by atoms with Crippen molar-refractivity contribution in [2.45, 2.75) is 37.1 Å². The van der Waals surface area contributed by atoms with Crippen molar-refractivity contribution in [1.82, 2.24) is 19.7 Å². The summed E-state index contributed by atoms with van der Waals surface area (Å²) in [5.74, 6) is 2.51. The number of aromatic nitrogens is 4. The van der Waals surface area contributed by atoms with Gasteiger partial charge in [0.25, 0.3) is 0 Å². The molecule has 0 unspecified atom stereocenters. The van der Waals surface area contributed by atoms with Crippen LogP contribution in [0.15, 0.2) is 40.2 Å². The van der Waals surface area contributed by atoms with E-state index in [9.17, 15) is 0 Å². The maximum absolute atomic E-state index is 6.31. The fourth-order valence-electron chi connectivity index (χ4n) is 3.81. The SMILES string of the molecule is C[C@H]1CCc2c(-c3nnc(SCc4csc(-c5ccccc5Cl)n4)n3C)csc2C1. The van der Waals surface area contributed by atoms with Gasteiger partial charge in [-0.3, -0.25) is 0 Å². The Morgan fingerprint density at radius 1 is 1.17 bits per heavy atom. The van der Waals surface area contributed by atoms with Gasteiger partial charge in [0.1, 0.15) is 5.01 Å². The second-order valence-corrected chi connectivity index (χ2v) is 10.8. The zero-order valence-corrected chi connectivity index (χ0v) is 20.0. The predicted molar refractivity (Wildman–Crippen MR) is 128 cm³/mol. The number of thiazole rings is 1. The van der Waals surface area contributed by atoms with Crippen molar-refractivity contribution in [3.05, 3.63) is 56.2 Å². The maximum atomic E-state index is 6.31. The first-order valence-electron chi connectivity index (χ1n) is 9.91. The molecule has 5 rings (SSSR count). The molecule has 8 heteroatoms. The molecule has 1 aliphatic carbocycles. The summed E-state index contributed by atoms with van der Waals surface area (Å²) in [5, 5.41) is 16.0. The summed E-state index contributed by atoms with van der Waals surface area (Å²) >= 11 is 11.5. The number of hydrogen-bond donors (Lipinski definition) is 0. The molecule has 1 aliphatic rings. The van der Waals surface area contributed by atoms with Gasteiger partial charge in [0.05, 0.1) is 10.7 Å². The molecule has 1 atom stereocenters. The van der Waals surface area contributed by atoms with Crippen LogP contribution in [-0.2, 0) is 25.6 Å². The molecule has 0 N–H and O–H groups in total. The van der Waals surface area contributed by atoms with Crippen molar-refractivity contribution in [1.29, 1.82) is 0 Å². The molecular formula is C22H21ClN4S3. The molecule has 3 heterocycles. The van der Waals surface area contributed by atoms with Crippen molar-refractivity contribution < 1.29 is 0 Å². The first kappa shape index (κ1) is 20.2. The zero-order valence-electron chi connectivity index (χ0n) is 16.8. The number of benzene rings is 1. The van der Waals surface area contributed by atoms with E-state index < -0.39 is 0 Å². The van der Waals surface area contributed by atoms with E-state index in [1.165, 1.54) is 28.8 Å². The molecule has 4 aromatic rings. The van der Waals surface area contributed by atoms with Crippen molar-refractivity contribution in [3.8, 4) is 22.0 Å². The van der Waals surface area contributed by atoms with E-state index in [0.717, 1.165) is 50.4 Å². The van der Waals surface area contributed by atoms with Gasteiger partial charge in [-0.25, -0.2) is 4.98 Å². The third-order valence-electron chi connectivity index (χ3n) is 5.48. The van der Waals surface area contributed by atoms with Crippen LogP contribution in [-0.4, -0.2) is 19.7 Å². The van der Waals surface area contributed by atoms with Gasteiger partial charge in [-0.2, -0.15) is 0 Å². The predicted octanol–water partition coefficient (Wildman–Crippen LogP) is 6.74. The van der Waals surface area contributed by atoms with Gasteiger partial charge in [0.2, 0.25) is 0 Å². The summed E-state index contributed by atoms with van der Waals surface area (Å²) < 4.78 is 2.12. The van der Waals surface area contributed by atoms with Crippen molar-refractivity contribution in [2.75, 3.05) is 0 Å². The lowest BCUT2D eigenvalue weighted by Gasteiger charge is -2.18. The Labute approximate surface area is 193 Å². The van der Waals surface area contributed by atoms with E-state index in [1.54, 1.807) is 23.1 Å². The van der Waals surface area contributed by atoms with Crippen molar-refractivity contribution >= 4 is 46.0 Å². The summed E-state index contributed by atoms with van der Waals surface area (Å²) in [6, 6.07) is 7.84. The van der Waals surface area contributed by atoms with E-state index in [2.05, 4.69) is 39.5 Å². The quantitative estimate of drug-likeness (QED) is 0.302. The second-order valence-electron chi connectivity index (χ2n) is 7.68. The lowest BCUT2D eigenvalue weighted by Crippen LogP contribution is -2.09. The molecule has 3 aromatic heterocycles. The molecule has 30 heavy (non-hydrogen) atoms. The first-order chi connectivity index (χ1) is 14.6. The third-order valence-corrected chi connectivity index (χ3v) is 8.84. The highest BCUT2D eigenvalue weighted by molar-refractivity contribution is 7.98. The van der Waals surface area contributed by atoms with Gasteiger partial charge in [0, 0.05) is 39.6 Å². The molecule has 154 valence electrons. The Balaban J connectivity index is 1.32. The van der Waals surface area contributed by atoms with Gasteiger partial charge < -0.3 is 4.57 Å². The number of hydrogen-bond acceptors (Lipinski definition) is 6. The van der Waals surface area contributed by atoms with Crippen LogP contribution in [0.3, 0.4) is 0 Å². The minimum absolute atomic E-state index is 0.734. The summed E-state index contributed by atoms with van der Waals surface area (Å²) in [7, 11) is 2.06. The number of thiophene rings is 1. The largest absolute Gasteiger partial charge is 0.305 e. The number of halogens is 1. The fraction of sp³-hybridized carbons (Fsp3) is 0.318. The average molecular weight is 473 g/mol. The molecular weight excluding hydrogens is 452 g/mol. The first-order valence-corrected chi connectivity index (χ1v) is 13.0. The van der Waals surface area contributed by atoms with Crippen LogP contribution in [0.25, 0.3) is 22.0 Å². The number of rotatable bonds is 5. The summed E-state index contributed by atoms with van der Waals surface area (Å²) in [6.07, 6.45) is 3.60. The van der Waals surface area contributed by atoms with Crippen LogP contribution in [0.4, 0.5) is 0 Å². The summed E-state index contributed by atoms with van der Waals surface area (Å²) in [5.41, 5.74) is 4.76. The number of thioether (sulfide) groups is 1. The molecule has 0 bridgehead atoms. The van der Waals surface area contributed by atoms with E-state index in [4.69, 9.17) is 16.6 Å². The minimum atomic E-state index is 0.734.